The molecule has 0 bridgehead atoms. The zero-order valence-electron chi connectivity index (χ0n) is 16.9. The molecular formula is C23H27N3O3. The van der Waals surface area contributed by atoms with Crippen LogP contribution in [0.2, 0.25) is 0 Å². The molecular weight excluding hydrogens is 366 g/mol. The average molecular weight is 393 g/mol. The van der Waals surface area contributed by atoms with Gasteiger partial charge < -0.3 is 10.2 Å². The van der Waals surface area contributed by atoms with Crippen LogP contribution in [-0.4, -0.2) is 40.7 Å². The second kappa shape index (κ2) is 8.90. The summed E-state index contributed by atoms with van der Waals surface area (Å²) in [5, 5.41) is 2.86. The number of carbonyl (C=O) groups excluding carboxylic acids is 3. The normalized spacial score (nSPS) is 18.6. The van der Waals surface area contributed by atoms with Crippen molar-refractivity contribution < 1.29 is 14.4 Å². The monoisotopic (exact) mass is 393 g/mol. The smallest absolute Gasteiger partial charge is 0.325 e. The molecule has 0 radical (unpaired) electrons. The van der Waals surface area contributed by atoms with E-state index in [1.54, 1.807) is 4.90 Å². The van der Waals surface area contributed by atoms with Crippen molar-refractivity contribution in [3.63, 3.8) is 0 Å². The van der Waals surface area contributed by atoms with Gasteiger partial charge in [-0.1, -0.05) is 74.0 Å². The molecule has 1 aliphatic rings. The molecule has 1 aliphatic heterocycles. The molecule has 0 saturated carbocycles. The minimum atomic E-state index is -1.11. The fourth-order valence-corrected chi connectivity index (χ4v) is 3.79. The third kappa shape index (κ3) is 4.16. The summed E-state index contributed by atoms with van der Waals surface area (Å²) < 4.78 is 0. The van der Waals surface area contributed by atoms with Crippen molar-refractivity contribution in [1.82, 2.24) is 15.1 Å². The van der Waals surface area contributed by atoms with E-state index >= 15 is 0 Å². The standard InChI is InChI=1S/C23H27N3O3/c1-3-15-23(19-13-9-6-10-14-19)21(28)26(22(29)24-23)17-20(27)25(4-2)16-18-11-7-5-8-12-18/h5-14H,3-4,15-17H2,1-2H3,(H,24,29)/t23-/m1/s1. The van der Waals surface area contributed by atoms with Gasteiger partial charge in [0.15, 0.2) is 0 Å². The second-order valence-electron chi connectivity index (χ2n) is 7.24. The van der Waals surface area contributed by atoms with Crippen LogP contribution in [0.1, 0.15) is 37.8 Å². The quantitative estimate of drug-likeness (QED) is 0.700. The Hall–Kier alpha value is -3.15. The number of nitrogens with zero attached hydrogens (tertiary/aromatic N) is 2. The highest BCUT2D eigenvalue weighted by molar-refractivity contribution is 6.09. The fraction of sp³-hybridized carbons (Fsp3) is 0.348. The van der Waals surface area contributed by atoms with Crippen molar-refractivity contribution >= 4 is 17.8 Å². The predicted octanol–water partition coefficient (Wildman–Crippen LogP) is 3.28. The van der Waals surface area contributed by atoms with E-state index in [9.17, 15) is 14.4 Å². The first-order valence-corrected chi connectivity index (χ1v) is 10.0. The van der Waals surface area contributed by atoms with Gasteiger partial charge in [0.05, 0.1) is 0 Å². The van der Waals surface area contributed by atoms with Crippen LogP contribution in [0.4, 0.5) is 4.79 Å². The minimum absolute atomic E-state index is 0.250. The van der Waals surface area contributed by atoms with Crippen LogP contribution in [0, 0.1) is 0 Å². The summed E-state index contributed by atoms with van der Waals surface area (Å²) in [6.45, 7) is 4.53. The Morgan fingerprint density at radius 3 is 2.21 bits per heavy atom. The Kier molecular flexibility index (Phi) is 6.32. The molecule has 0 unspecified atom stereocenters. The maximum absolute atomic E-state index is 13.3. The van der Waals surface area contributed by atoms with E-state index in [4.69, 9.17) is 0 Å². The number of rotatable bonds is 8. The van der Waals surface area contributed by atoms with Gasteiger partial charge in [0, 0.05) is 13.1 Å². The van der Waals surface area contributed by atoms with Gasteiger partial charge in [0.25, 0.3) is 5.91 Å². The lowest BCUT2D eigenvalue weighted by molar-refractivity contribution is -0.139. The first kappa shape index (κ1) is 20.6. The van der Waals surface area contributed by atoms with Gasteiger partial charge >= 0.3 is 6.03 Å². The highest BCUT2D eigenvalue weighted by Crippen LogP contribution is 2.33. The van der Waals surface area contributed by atoms with Crippen LogP contribution in [0.25, 0.3) is 0 Å². The lowest BCUT2D eigenvalue weighted by Gasteiger charge is -2.27. The molecule has 1 heterocycles. The molecule has 2 aromatic rings. The van der Waals surface area contributed by atoms with E-state index in [0.29, 0.717) is 19.5 Å². The summed E-state index contributed by atoms with van der Waals surface area (Å²) in [6.07, 6.45) is 1.20. The minimum Gasteiger partial charge on any atom is -0.337 e. The van der Waals surface area contributed by atoms with Crippen molar-refractivity contribution in [2.45, 2.75) is 38.8 Å². The number of urea groups is 1. The number of hydrogen-bond acceptors (Lipinski definition) is 3. The summed E-state index contributed by atoms with van der Waals surface area (Å²) in [5.74, 6) is -0.611. The SMILES string of the molecule is CCC[C@]1(c2ccccc2)NC(=O)N(CC(=O)N(CC)Cc2ccccc2)C1=O. The van der Waals surface area contributed by atoms with E-state index in [1.807, 2.05) is 74.5 Å². The van der Waals surface area contributed by atoms with Gasteiger partial charge in [-0.05, 0) is 24.5 Å². The number of hydrogen-bond donors (Lipinski definition) is 1. The summed E-state index contributed by atoms with van der Waals surface area (Å²) in [4.78, 5) is 41.6. The van der Waals surface area contributed by atoms with E-state index in [1.165, 1.54) is 0 Å². The largest absolute Gasteiger partial charge is 0.337 e. The fourth-order valence-electron chi connectivity index (χ4n) is 3.79. The van der Waals surface area contributed by atoms with Crippen molar-refractivity contribution in [2.24, 2.45) is 0 Å². The van der Waals surface area contributed by atoms with E-state index < -0.39 is 11.6 Å². The number of nitrogens with one attached hydrogen (secondary N) is 1. The maximum atomic E-state index is 13.3. The van der Waals surface area contributed by atoms with Crippen LogP contribution in [0.3, 0.4) is 0 Å². The molecule has 0 aromatic heterocycles. The molecule has 4 amide bonds. The van der Waals surface area contributed by atoms with Gasteiger partial charge in [0.1, 0.15) is 12.1 Å². The third-order valence-corrected chi connectivity index (χ3v) is 5.31. The molecule has 2 aromatic carbocycles. The summed E-state index contributed by atoms with van der Waals surface area (Å²) >= 11 is 0. The number of imide groups is 1. The number of carbonyl (C=O) groups is 3. The lowest BCUT2D eigenvalue weighted by Crippen LogP contribution is -2.45. The number of amides is 4. The molecule has 1 atom stereocenters. The van der Waals surface area contributed by atoms with E-state index in [2.05, 4.69) is 5.32 Å². The predicted molar refractivity (Wildman–Crippen MR) is 111 cm³/mol. The van der Waals surface area contributed by atoms with Gasteiger partial charge in [-0.2, -0.15) is 0 Å². The Balaban J connectivity index is 1.79. The molecule has 0 spiro atoms. The van der Waals surface area contributed by atoms with Crippen LogP contribution in [0.15, 0.2) is 60.7 Å². The van der Waals surface area contributed by atoms with E-state index in [-0.39, 0.29) is 18.4 Å². The molecule has 1 fully saturated rings. The molecule has 0 aliphatic carbocycles. The van der Waals surface area contributed by atoms with Crippen LogP contribution < -0.4 is 5.32 Å². The zero-order chi connectivity index (χ0) is 20.9. The zero-order valence-corrected chi connectivity index (χ0v) is 16.9. The van der Waals surface area contributed by atoms with Crippen LogP contribution in [-0.2, 0) is 21.7 Å². The Bertz CT molecular complexity index is 869. The lowest BCUT2D eigenvalue weighted by atomic mass is 9.85. The van der Waals surface area contributed by atoms with Gasteiger partial charge in [-0.25, -0.2) is 4.79 Å². The molecule has 6 nitrogen and oxygen atoms in total. The molecule has 29 heavy (non-hydrogen) atoms. The first-order valence-electron chi connectivity index (χ1n) is 10.0. The molecule has 1 N–H and O–H groups in total. The van der Waals surface area contributed by atoms with Crippen molar-refractivity contribution in [3.05, 3.63) is 71.8 Å². The van der Waals surface area contributed by atoms with Crippen molar-refractivity contribution in [1.29, 1.82) is 0 Å². The van der Waals surface area contributed by atoms with Crippen molar-refractivity contribution in [3.8, 4) is 0 Å². The van der Waals surface area contributed by atoms with Gasteiger partial charge in [0.2, 0.25) is 5.91 Å². The Morgan fingerprint density at radius 1 is 1.00 bits per heavy atom. The average Bonchev–Trinajstić information content (AvgIpc) is 2.98. The molecule has 1 saturated heterocycles. The second-order valence-corrected chi connectivity index (χ2v) is 7.24. The Morgan fingerprint density at radius 2 is 1.62 bits per heavy atom. The third-order valence-electron chi connectivity index (χ3n) is 5.31. The highest BCUT2D eigenvalue weighted by Gasteiger charge is 2.52. The number of benzene rings is 2. The maximum Gasteiger partial charge on any atom is 0.325 e. The molecule has 152 valence electrons. The van der Waals surface area contributed by atoms with Crippen LogP contribution >= 0.6 is 0 Å². The van der Waals surface area contributed by atoms with Gasteiger partial charge in [-0.3, -0.25) is 14.5 Å². The van der Waals surface area contributed by atoms with Crippen molar-refractivity contribution in [2.75, 3.05) is 13.1 Å². The number of likely N-dealkylation sites (N-methyl/N-ethyl adjacent to an activating group) is 1. The Labute approximate surface area is 171 Å². The molecule has 3 rings (SSSR count). The summed E-state index contributed by atoms with van der Waals surface area (Å²) in [5.41, 5.74) is 0.639. The first-order chi connectivity index (χ1) is 14.0. The van der Waals surface area contributed by atoms with Gasteiger partial charge in [-0.15, -0.1) is 0 Å². The topological polar surface area (TPSA) is 69.7 Å². The summed E-state index contributed by atoms with van der Waals surface area (Å²) in [7, 11) is 0. The van der Waals surface area contributed by atoms with Crippen LogP contribution in [0.5, 0.6) is 0 Å². The molecule has 6 heteroatoms. The highest BCUT2D eigenvalue weighted by atomic mass is 16.2. The summed E-state index contributed by atoms with van der Waals surface area (Å²) in [6, 6.07) is 18.4. The van der Waals surface area contributed by atoms with E-state index in [0.717, 1.165) is 22.4 Å².